The van der Waals surface area contributed by atoms with E-state index in [0.29, 0.717) is 19.8 Å². The molecule has 1 unspecified atom stereocenters. The summed E-state index contributed by atoms with van der Waals surface area (Å²) in [6, 6.07) is 16.0. The van der Waals surface area contributed by atoms with Crippen LogP contribution >= 0.6 is 11.6 Å². The minimum absolute atomic E-state index is 0.463. The highest BCUT2D eigenvalue weighted by atomic mass is 35.5. The van der Waals surface area contributed by atoms with Gasteiger partial charge in [-0.2, -0.15) is 0 Å². The van der Waals surface area contributed by atoms with E-state index >= 15 is 0 Å². The van der Waals surface area contributed by atoms with Crippen molar-refractivity contribution in [2.75, 3.05) is 14.2 Å². The molecule has 0 saturated heterocycles. The van der Waals surface area contributed by atoms with Crippen LogP contribution in [0.2, 0.25) is 0 Å². The Kier molecular flexibility index (Phi) is 6.87. The molecule has 0 aliphatic carbocycles. The number of benzene rings is 2. The highest BCUT2D eigenvalue weighted by Crippen LogP contribution is 2.24. The number of ether oxygens (including phenoxy) is 3. The lowest BCUT2D eigenvalue weighted by atomic mass is 10.1. The van der Waals surface area contributed by atoms with Crippen molar-refractivity contribution < 1.29 is 14.2 Å². The van der Waals surface area contributed by atoms with Crippen molar-refractivity contribution in [2.24, 2.45) is 0 Å². The van der Waals surface area contributed by atoms with E-state index in [1.807, 2.05) is 48.5 Å². The van der Waals surface area contributed by atoms with Gasteiger partial charge in [0.1, 0.15) is 0 Å². The lowest BCUT2D eigenvalue weighted by Gasteiger charge is -2.12. The zero-order chi connectivity index (χ0) is 15.8. The van der Waals surface area contributed by atoms with Gasteiger partial charge in [0.05, 0.1) is 19.8 Å². The molecular weight excluding hydrogens is 300 g/mol. The quantitative estimate of drug-likeness (QED) is 0.673. The Morgan fingerprint density at radius 1 is 0.727 bits per heavy atom. The van der Waals surface area contributed by atoms with E-state index in [1.54, 1.807) is 14.2 Å². The van der Waals surface area contributed by atoms with Crippen LogP contribution in [0.15, 0.2) is 48.5 Å². The molecule has 0 amide bonds. The van der Waals surface area contributed by atoms with E-state index < -0.39 is 5.56 Å². The van der Waals surface area contributed by atoms with Crippen LogP contribution in [0.5, 0.6) is 0 Å². The predicted molar refractivity (Wildman–Crippen MR) is 87.7 cm³/mol. The monoisotopic (exact) mass is 320 g/mol. The summed E-state index contributed by atoms with van der Waals surface area (Å²) in [7, 11) is 3.37. The molecule has 0 fully saturated rings. The minimum Gasteiger partial charge on any atom is -0.380 e. The molecule has 4 heteroatoms. The summed E-state index contributed by atoms with van der Waals surface area (Å²) in [4.78, 5) is 0. The number of rotatable bonds is 8. The lowest BCUT2D eigenvalue weighted by molar-refractivity contribution is 0.0942. The molecule has 1 atom stereocenters. The topological polar surface area (TPSA) is 27.7 Å². The van der Waals surface area contributed by atoms with Crippen LogP contribution in [0.3, 0.4) is 0 Å². The summed E-state index contributed by atoms with van der Waals surface area (Å²) in [5.41, 5.74) is 3.82. The Morgan fingerprint density at radius 3 is 1.59 bits per heavy atom. The molecule has 0 radical (unpaired) electrons. The number of hydrogen-bond acceptors (Lipinski definition) is 3. The third-order valence-corrected chi connectivity index (χ3v) is 3.66. The van der Waals surface area contributed by atoms with Crippen LogP contribution in [-0.4, -0.2) is 14.2 Å². The van der Waals surface area contributed by atoms with E-state index in [-0.39, 0.29) is 0 Å². The van der Waals surface area contributed by atoms with Crippen molar-refractivity contribution in [3.05, 3.63) is 70.8 Å². The summed E-state index contributed by atoms with van der Waals surface area (Å²) in [5, 5.41) is 0. The van der Waals surface area contributed by atoms with Crippen LogP contribution in [0, 0.1) is 0 Å². The molecule has 118 valence electrons. The maximum atomic E-state index is 6.29. The maximum absolute atomic E-state index is 6.29. The Bertz CT molecular complexity index is 552. The molecule has 0 heterocycles. The Hall–Kier alpha value is -1.39. The smallest absolute Gasteiger partial charge is 0.157 e. The predicted octanol–water partition coefficient (Wildman–Crippen LogP) is 4.43. The second kappa shape index (κ2) is 8.91. The SMILES string of the molecule is COCc1ccc(COC(Cl)c2ccc(COC)cc2)cc1. The van der Waals surface area contributed by atoms with Crippen molar-refractivity contribution >= 4 is 11.6 Å². The molecule has 0 aliphatic rings. The summed E-state index contributed by atoms with van der Waals surface area (Å²) >= 11 is 6.29. The third kappa shape index (κ3) is 5.11. The molecule has 0 saturated carbocycles. The molecule has 0 N–H and O–H groups in total. The number of halogens is 1. The second-order valence-electron chi connectivity index (χ2n) is 5.05. The number of alkyl halides is 1. The normalized spacial score (nSPS) is 12.3. The zero-order valence-corrected chi connectivity index (χ0v) is 13.7. The van der Waals surface area contributed by atoms with E-state index in [4.69, 9.17) is 25.8 Å². The zero-order valence-electron chi connectivity index (χ0n) is 12.9. The van der Waals surface area contributed by atoms with Gasteiger partial charge in [-0.25, -0.2) is 0 Å². The summed E-state index contributed by atoms with van der Waals surface area (Å²) < 4.78 is 15.9. The van der Waals surface area contributed by atoms with E-state index in [1.165, 1.54) is 0 Å². The fourth-order valence-corrected chi connectivity index (χ4v) is 2.30. The molecule has 3 nitrogen and oxygen atoms in total. The first-order valence-corrected chi connectivity index (χ1v) is 7.56. The first kappa shape index (κ1) is 17.0. The fourth-order valence-electron chi connectivity index (χ4n) is 2.10. The van der Waals surface area contributed by atoms with Crippen molar-refractivity contribution in [3.63, 3.8) is 0 Å². The average Bonchev–Trinajstić information content (AvgIpc) is 2.55. The van der Waals surface area contributed by atoms with Gasteiger partial charge in [-0.15, -0.1) is 0 Å². The molecule has 0 aliphatic heterocycles. The Morgan fingerprint density at radius 2 is 1.14 bits per heavy atom. The van der Waals surface area contributed by atoms with E-state index in [2.05, 4.69) is 0 Å². The number of methoxy groups -OCH3 is 2. The van der Waals surface area contributed by atoms with Crippen LogP contribution < -0.4 is 0 Å². The Balaban J connectivity index is 1.87. The van der Waals surface area contributed by atoms with Crippen molar-refractivity contribution in [1.29, 1.82) is 0 Å². The molecule has 2 aromatic carbocycles. The lowest BCUT2D eigenvalue weighted by Crippen LogP contribution is -1.99. The minimum atomic E-state index is -0.463. The van der Waals surface area contributed by atoms with Gasteiger partial charge < -0.3 is 14.2 Å². The summed E-state index contributed by atoms with van der Waals surface area (Å²) in [6.45, 7) is 1.69. The van der Waals surface area contributed by atoms with Gasteiger partial charge in [-0.1, -0.05) is 60.1 Å². The van der Waals surface area contributed by atoms with Crippen molar-refractivity contribution in [1.82, 2.24) is 0 Å². The first-order chi connectivity index (χ1) is 10.7. The molecule has 0 spiro atoms. The third-order valence-electron chi connectivity index (χ3n) is 3.28. The van der Waals surface area contributed by atoms with Crippen molar-refractivity contribution in [3.8, 4) is 0 Å². The second-order valence-corrected chi connectivity index (χ2v) is 5.45. The Labute approximate surface area is 136 Å². The van der Waals surface area contributed by atoms with Crippen LogP contribution in [0.25, 0.3) is 0 Å². The van der Waals surface area contributed by atoms with Gasteiger partial charge in [0, 0.05) is 14.2 Å². The molecule has 0 bridgehead atoms. The van der Waals surface area contributed by atoms with Crippen LogP contribution in [0.4, 0.5) is 0 Å². The molecule has 22 heavy (non-hydrogen) atoms. The molecule has 2 aromatic rings. The highest BCUT2D eigenvalue weighted by Gasteiger charge is 2.08. The van der Waals surface area contributed by atoms with Gasteiger partial charge in [0.15, 0.2) is 5.56 Å². The highest BCUT2D eigenvalue weighted by molar-refractivity contribution is 6.19. The van der Waals surface area contributed by atoms with Gasteiger partial charge in [-0.05, 0) is 22.3 Å². The van der Waals surface area contributed by atoms with Crippen LogP contribution in [0.1, 0.15) is 27.8 Å². The van der Waals surface area contributed by atoms with Crippen LogP contribution in [-0.2, 0) is 34.0 Å². The molecule has 2 rings (SSSR count). The van der Waals surface area contributed by atoms with Gasteiger partial charge in [-0.3, -0.25) is 0 Å². The van der Waals surface area contributed by atoms with Crippen molar-refractivity contribution in [2.45, 2.75) is 25.4 Å². The summed E-state index contributed by atoms with van der Waals surface area (Å²) in [5.74, 6) is 0. The van der Waals surface area contributed by atoms with Gasteiger partial charge >= 0.3 is 0 Å². The molecular formula is C18H21ClO3. The fraction of sp³-hybridized carbons (Fsp3) is 0.333. The van der Waals surface area contributed by atoms with Gasteiger partial charge in [0.25, 0.3) is 0 Å². The largest absolute Gasteiger partial charge is 0.380 e. The van der Waals surface area contributed by atoms with Gasteiger partial charge in [0.2, 0.25) is 0 Å². The molecule has 0 aromatic heterocycles. The number of hydrogen-bond donors (Lipinski definition) is 0. The first-order valence-electron chi connectivity index (χ1n) is 7.13. The maximum Gasteiger partial charge on any atom is 0.157 e. The summed E-state index contributed by atoms with van der Waals surface area (Å²) in [6.07, 6.45) is 0. The van der Waals surface area contributed by atoms with E-state index in [9.17, 15) is 0 Å². The average molecular weight is 321 g/mol. The van der Waals surface area contributed by atoms with E-state index in [0.717, 1.165) is 22.3 Å². The standard InChI is InChI=1S/C18H21ClO3/c1-20-11-14-3-5-16(6-4-14)13-22-18(19)17-9-7-15(8-10-17)12-21-2/h3-10,18H,11-13H2,1-2H3.